The van der Waals surface area contributed by atoms with Gasteiger partial charge in [-0.2, -0.15) is 0 Å². The van der Waals surface area contributed by atoms with Crippen molar-refractivity contribution < 1.29 is 9.31 Å². The fraction of sp³-hybridized carbons (Fsp3) is 0.684. The van der Waals surface area contributed by atoms with Crippen LogP contribution in [0.25, 0.3) is 0 Å². The third kappa shape index (κ3) is 4.36. The summed E-state index contributed by atoms with van der Waals surface area (Å²) in [5.74, 6) is 0. The van der Waals surface area contributed by atoms with Crippen molar-refractivity contribution in [3.05, 3.63) is 35.4 Å². The van der Waals surface area contributed by atoms with Crippen LogP contribution in [0, 0.1) is 0 Å². The molecule has 0 N–H and O–H groups in total. The highest BCUT2D eigenvalue weighted by Gasteiger charge is 2.50. The van der Waals surface area contributed by atoms with Crippen molar-refractivity contribution >= 4 is 7.12 Å². The maximum Gasteiger partial charge on any atom is 0.458 e. The van der Waals surface area contributed by atoms with Crippen LogP contribution in [0.2, 0.25) is 6.32 Å². The number of rotatable bonds is 7. The summed E-state index contributed by atoms with van der Waals surface area (Å²) in [5.41, 5.74) is 2.38. The molecular weight excluding hydrogens is 271 g/mol. The molecule has 0 saturated carbocycles. The Labute approximate surface area is 136 Å². The average molecular weight is 302 g/mol. The minimum absolute atomic E-state index is 0.0887. The second-order valence-electron chi connectivity index (χ2n) is 7.50. The normalized spacial score (nSPS) is 19.6. The lowest BCUT2D eigenvalue weighted by Crippen LogP contribution is -2.41. The van der Waals surface area contributed by atoms with E-state index in [0.717, 1.165) is 12.7 Å². The number of benzene rings is 1. The summed E-state index contributed by atoms with van der Waals surface area (Å²) in [5, 5.41) is 0. The smallest absolute Gasteiger partial charge is 0.403 e. The lowest BCUT2D eigenvalue weighted by Gasteiger charge is -2.32. The molecule has 0 unspecified atom stereocenters. The van der Waals surface area contributed by atoms with E-state index in [4.69, 9.17) is 9.31 Å². The SMILES string of the molecule is CCCCCc1ccc(CCB2OC(C)(C)C(C)(C)O2)cc1. The van der Waals surface area contributed by atoms with Gasteiger partial charge in [0, 0.05) is 0 Å². The second-order valence-corrected chi connectivity index (χ2v) is 7.50. The molecule has 1 aromatic rings. The number of hydrogen-bond acceptors (Lipinski definition) is 2. The van der Waals surface area contributed by atoms with Crippen molar-refractivity contribution in [3.63, 3.8) is 0 Å². The molecule has 1 aliphatic heterocycles. The molecule has 2 nitrogen and oxygen atoms in total. The van der Waals surface area contributed by atoms with Gasteiger partial charge in [-0.25, -0.2) is 0 Å². The highest BCUT2D eigenvalue weighted by atomic mass is 16.7. The molecule has 3 heteroatoms. The Bertz CT molecular complexity index is 449. The highest BCUT2D eigenvalue weighted by Crippen LogP contribution is 2.37. The van der Waals surface area contributed by atoms with Gasteiger partial charge in [0.25, 0.3) is 0 Å². The lowest BCUT2D eigenvalue weighted by atomic mass is 9.81. The molecule has 0 aliphatic carbocycles. The van der Waals surface area contributed by atoms with E-state index in [1.54, 1.807) is 0 Å². The highest BCUT2D eigenvalue weighted by molar-refractivity contribution is 6.45. The Kier molecular flexibility index (Phi) is 5.73. The molecule has 0 spiro atoms. The summed E-state index contributed by atoms with van der Waals surface area (Å²) in [6.07, 6.45) is 7.03. The molecule has 0 bridgehead atoms. The Morgan fingerprint density at radius 2 is 1.32 bits per heavy atom. The topological polar surface area (TPSA) is 18.5 Å². The van der Waals surface area contributed by atoms with Gasteiger partial charge in [-0.15, -0.1) is 0 Å². The van der Waals surface area contributed by atoms with E-state index in [1.165, 1.54) is 36.8 Å². The first-order chi connectivity index (χ1) is 10.3. The third-order valence-corrected chi connectivity index (χ3v) is 5.06. The molecule has 1 saturated heterocycles. The summed E-state index contributed by atoms with van der Waals surface area (Å²) in [6, 6.07) is 9.06. The molecule has 1 heterocycles. The standard InChI is InChI=1S/C19H31BO2/c1-6-7-8-9-16-10-12-17(13-11-16)14-15-20-21-18(2,3)19(4,5)22-20/h10-13H,6-9,14-15H2,1-5H3. The Morgan fingerprint density at radius 3 is 1.82 bits per heavy atom. The van der Waals surface area contributed by atoms with Crippen molar-refractivity contribution in [1.29, 1.82) is 0 Å². The predicted octanol–water partition coefficient (Wildman–Crippen LogP) is 5.05. The first kappa shape index (κ1) is 17.6. The minimum Gasteiger partial charge on any atom is -0.403 e. The van der Waals surface area contributed by atoms with Gasteiger partial charge in [0.15, 0.2) is 0 Å². The number of hydrogen-bond donors (Lipinski definition) is 0. The largest absolute Gasteiger partial charge is 0.458 e. The van der Waals surface area contributed by atoms with Crippen LogP contribution in [0.4, 0.5) is 0 Å². The first-order valence-corrected chi connectivity index (χ1v) is 8.77. The van der Waals surface area contributed by atoms with Gasteiger partial charge in [0.2, 0.25) is 0 Å². The number of aryl methyl sites for hydroxylation is 2. The van der Waals surface area contributed by atoms with Crippen LogP contribution in [0.3, 0.4) is 0 Å². The zero-order chi connectivity index (χ0) is 16.2. The van der Waals surface area contributed by atoms with Crippen molar-refractivity contribution in [2.45, 2.75) is 84.2 Å². The van der Waals surface area contributed by atoms with E-state index in [0.29, 0.717) is 0 Å². The van der Waals surface area contributed by atoms with Gasteiger partial charge in [-0.1, -0.05) is 44.0 Å². The van der Waals surface area contributed by atoms with E-state index in [2.05, 4.69) is 58.9 Å². The minimum atomic E-state index is -0.221. The monoisotopic (exact) mass is 302 g/mol. The summed E-state index contributed by atoms with van der Waals surface area (Å²) in [7, 11) is -0.0887. The second kappa shape index (κ2) is 7.19. The molecule has 0 radical (unpaired) electrons. The third-order valence-electron chi connectivity index (χ3n) is 5.06. The van der Waals surface area contributed by atoms with Crippen LogP contribution in [0.15, 0.2) is 24.3 Å². The van der Waals surface area contributed by atoms with Gasteiger partial charge in [0.1, 0.15) is 0 Å². The predicted molar refractivity (Wildman–Crippen MR) is 94.3 cm³/mol. The molecule has 1 aromatic carbocycles. The summed E-state index contributed by atoms with van der Waals surface area (Å²) in [4.78, 5) is 0. The Balaban J connectivity index is 1.80. The maximum absolute atomic E-state index is 6.05. The lowest BCUT2D eigenvalue weighted by molar-refractivity contribution is 0.00578. The summed E-state index contributed by atoms with van der Waals surface area (Å²) < 4.78 is 12.1. The van der Waals surface area contributed by atoms with Gasteiger partial charge < -0.3 is 9.31 Å². The molecule has 22 heavy (non-hydrogen) atoms. The first-order valence-electron chi connectivity index (χ1n) is 8.77. The molecule has 0 amide bonds. The van der Waals surface area contributed by atoms with Crippen LogP contribution in [0.1, 0.15) is 65.0 Å². The van der Waals surface area contributed by atoms with Gasteiger partial charge in [-0.3, -0.25) is 0 Å². The van der Waals surface area contributed by atoms with E-state index >= 15 is 0 Å². The van der Waals surface area contributed by atoms with Crippen LogP contribution in [-0.2, 0) is 22.2 Å². The number of unbranched alkanes of at least 4 members (excludes halogenated alkanes) is 2. The van der Waals surface area contributed by atoms with Gasteiger partial charge in [0.05, 0.1) is 11.2 Å². The van der Waals surface area contributed by atoms with E-state index in [-0.39, 0.29) is 18.3 Å². The van der Waals surface area contributed by atoms with Crippen molar-refractivity contribution in [2.75, 3.05) is 0 Å². The van der Waals surface area contributed by atoms with Gasteiger partial charge >= 0.3 is 7.12 Å². The van der Waals surface area contributed by atoms with Gasteiger partial charge in [-0.05, 0) is 64.4 Å². The van der Waals surface area contributed by atoms with E-state index in [1.807, 2.05) is 0 Å². The Hall–Kier alpha value is -0.795. The van der Waals surface area contributed by atoms with Crippen molar-refractivity contribution in [2.24, 2.45) is 0 Å². The summed E-state index contributed by atoms with van der Waals surface area (Å²) >= 11 is 0. The molecule has 0 atom stereocenters. The van der Waals surface area contributed by atoms with Crippen LogP contribution in [0.5, 0.6) is 0 Å². The zero-order valence-corrected chi connectivity index (χ0v) is 14.9. The maximum atomic E-state index is 6.05. The molecular formula is C19H31BO2. The van der Waals surface area contributed by atoms with Crippen LogP contribution >= 0.6 is 0 Å². The van der Waals surface area contributed by atoms with Crippen LogP contribution in [-0.4, -0.2) is 18.3 Å². The van der Waals surface area contributed by atoms with Crippen molar-refractivity contribution in [3.8, 4) is 0 Å². The van der Waals surface area contributed by atoms with E-state index in [9.17, 15) is 0 Å². The molecule has 1 aliphatic rings. The average Bonchev–Trinajstić information content (AvgIpc) is 2.66. The fourth-order valence-electron chi connectivity index (χ4n) is 2.82. The van der Waals surface area contributed by atoms with Crippen molar-refractivity contribution in [1.82, 2.24) is 0 Å². The summed E-state index contributed by atoms with van der Waals surface area (Å²) in [6.45, 7) is 10.7. The molecule has 0 aromatic heterocycles. The molecule has 1 fully saturated rings. The van der Waals surface area contributed by atoms with Crippen LogP contribution < -0.4 is 0 Å². The molecule has 2 rings (SSSR count). The van der Waals surface area contributed by atoms with E-state index < -0.39 is 0 Å². The Morgan fingerprint density at radius 1 is 0.818 bits per heavy atom. The zero-order valence-electron chi connectivity index (χ0n) is 14.9. The fourth-order valence-corrected chi connectivity index (χ4v) is 2.82. The molecule has 122 valence electrons. The quantitative estimate of drug-likeness (QED) is 0.518.